The molecule has 0 spiro atoms. The van der Waals surface area contributed by atoms with Crippen molar-refractivity contribution in [2.24, 2.45) is 5.92 Å². The summed E-state index contributed by atoms with van der Waals surface area (Å²) in [4.78, 5) is 62.0. The second kappa shape index (κ2) is 10.1. The van der Waals surface area contributed by atoms with Gasteiger partial charge in [0, 0.05) is 31.6 Å². The van der Waals surface area contributed by atoms with Gasteiger partial charge in [0.15, 0.2) is 0 Å². The van der Waals surface area contributed by atoms with Crippen molar-refractivity contribution >= 4 is 35.2 Å². The zero-order valence-electron chi connectivity index (χ0n) is 18.4. The summed E-state index contributed by atoms with van der Waals surface area (Å²) < 4.78 is 0. The highest BCUT2D eigenvalue weighted by molar-refractivity contribution is 6.23. The minimum absolute atomic E-state index is 0.0921. The molecule has 10 heteroatoms. The zero-order chi connectivity index (χ0) is 23.4. The van der Waals surface area contributed by atoms with E-state index in [0.29, 0.717) is 31.1 Å². The highest BCUT2D eigenvalue weighted by atomic mass is 16.2. The van der Waals surface area contributed by atoms with Crippen LogP contribution in [0.1, 0.15) is 59.2 Å². The molecule has 3 heterocycles. The van der Waals surface area contributed by atoms with Crippen molar-refractivity contribution in [3.05, 3.63) is 29.3 Å². The maximum absolute atomic E-state index is 12.9. The molecule has 0 bridgehead atoms. The molecule has 3 aliphatic heterocycles. The van der Waals surface area contributed by atoms with Gasteiger partial charge in [-0.05, 0) is 62.9 Å². The third-order valence-electron chi connectivity index (χ3n) is 6.33. The summed E-state index contributed by atoms with van der Waals surface area (Å²) in [6.45, 7) is 3.18. The number of carbonyl (C=O) groups excluding carboxylic acids is 5. The van der Waals surface area contributed by atoms with Gasteiger partial charge in [-0.15, -0.1) is 0 Å². The summed E-state index contributed by atoms with van der Waals surface area (Å²) in [6, 6.07) is 3.97. The van der Waals surface area contributed by atoms with Crippen LogP contribution in [0.2, 0.25) is 0 Å². The quantitative estimate of drug-likeness (QED) is 0.312. The fourth-order valence-electron chi connectivity index (χ4n) is 4.51. The smallest absolute Gasteiger partial charge is 0.262 e. The van der Waals surface area contributed by atoms with Gasteiger partial charge in [-0.1, -0.05) is 0 Å². The lowest BCUT2D eigenvalue weighted by atomic mass is 10.0. The van der Waals surface area contributed by atoms with Crippen LogP contribution in [0.15, 0.2) is 18.2 Å². The Kier molecular flexibility index (Phi) is 7.02. The van der Waals surface area contributed by atoms with Crippen LogP contribution in [-0.2, 0) is 14.4 Å². The lowest BCUT2D eigenvalue weighted by Gasteiger charge is -2.27. The van der Waals surface area contributed by atoms with Gasteiger partial charge in [-0.25, -0.2) is 0 Å². The highest BCUT2D eigenvalue weighted by Crippen LogP contribution is 2.29. The first-order chi connectivity index (χ1) is 15.9. The van der Waals surface area contributed by atoms with Crippen LogP contribution in [0.3, 0.4) is 0 Å². The van der Waals surface area contributed by atoms with E-state index in [1.807, 2.05) is 0 Å². The fraction of sp³-hybridized carbons (Fsp3) is 0.522. The Bertz CT molecular complexity index is 972. The van der Waals surface area contributed by atoms with E-state index in [4.69, 9.17) is 0 Å². The number of piperidine rings is 1. The van der Waals surface area contributed by atoms with Crippen molar-refractivity contribution in [1.29, 1.82) is 0 Å². The number of nitrogens with zero attached hydrogens (tertiary/aromatic N) is 1. The molecule has 0 aromatic heterocycles. The summed E-state index contributed by atoms with van der Waals surface area (Å²) in [6.07, 6.45) is 3.51. The van der Waals surface area contributed by atoms with Crippen molar-refractivity contribution in [3.8, 4) is 0 Å². The molecular formula is C23H29N5O5. The van der Waals surface area contributed by atoms with Crippen molar-refractivity contribution in [3.63, 3.8) is 0 Å². The Morgan fingerprint density at radius 1 is 1.03 bits per heavy atom. The highest BCUT2D eigenvalue weighted by Gasteiger charge is 2.44. The van der Waals surface area contributed by atoms with Gasteiger partial charge < -0.3 is 16.0 Å². The van der Waals surface area contributed by atoms with Crippen LogP contribution in [0, 0.1) is 5.92 Å². The topological polar surface area (TPSA) is 137 Å². The Balaban J connectivity index is 1.23. The molecule has 33 heavy (non-hydrogen) atoms. The van der Waals surface area contributed by atoms with Gasteiger partial charge in [-0.3, -0.25) is 34.2 Å². The van der Waals surface area contributed by atoms with E-state index in [-0.39, 0.29) is 29.9 Å². The third-order valence-corrected chi connectivity index (χ3v) is 6.33. The Morgan fingerprint density at radius 2 is 1.82 bits per heavy atom. The first-order valence-electron chi connectivity index (χ1n) is 11.5. The summed E-state index contributed by atoms with van der Waals surface area (Å²) >= 11 is 0. The zero-order valence-corrected chi connectivity index (χ0v) is 18.4. The third kappa shape index (κ3) is 5.22. The molecular weight excluding hydrogens is 426 g/mol. The minimum atomic E-state index is -0.966. The lowest BCUT2D eigenvalue weighted by Crippen LogP contribution is -2.54. The molecule has 1 aromatic carbocycles. The molecule has 2 atom stereocenters. The standard InChI is InChI=1S/C23H29N5O5/c29-19-6-5-18(21(31)27-19)28-22(32)16-4-3-15(12-17(16)23(28)33)25-8-1-2-9-26-20(30)11-14-7-10-24-13-14/h3-4,12,14,18,24-25H,1-2,5-11,13H2,(H,26,30)(H,27,29,31)/t14-,18?/m0/s1. The van der Waals surface area contributed by atoms with Crippen molar-refractivity contribution in [2.75, 3.05) is 31.5 Å². The molecule has 1 unspecified atom stereocenters. The van der Waals surface area contributed by atoms with Crippen LogP contribution in [-0.4, -0.2) is 66.7 Å². The number of fused-ring (bicyclic) bond motifs is 1. The minimum Gasteiger partial charge on any atom is -0.385 e. The van der Waals surface area contributed by atoms with E-state index >= 15 is 0 Å². The van der Waals surface area contributed by atoms with Gasteiger partial charge in [0.2, 0.25) is 17.7 Å². The number of anilines is 1. The molecule has 4 N–H and O–H groups in total. The van der Waals surface area contributed by atoms with Crippen LogP contribution in [0.5, 0.6) is 0 Å². The number of benzene rings is 1. The molecule has 2 saturated heterocycles. The average molecular weight is 456 g/mol. The monoisotopic (exact) mass is 455 g/mol. The lowest BCUT2D eigenvalue weighted by molar-refractivity contribution is -0.136. The largest absolute Gasteiger partial charge is 0.385 e. The van der Waals surface area contributed by atoms with Crippen LogP contribution in [0.25, 0.3) is 0 Å². The van der Waals surface area contributed by atoms with Crippen LogP contribution >= 0.6 is 0 Å². The summed E-state index contributed by atoms with van der Waals surface area (Å²) in [5.74, 6) is -1.52. The van der Waals surface area contributed by atoms with E-state index in [9.17, 15) is 24.0 Å². The average Bonchev–Trinajstić information content (AvgIpc) is 3.38. The number of amides is 5. The maximum Gasteiger partial charge on any atom is 0.262 e. The first-order valence-corrected chi connectivity index (χ1v) is 11.5. The van der Waals surface area contributed by atoms with Gasteiger partial charge in [0.05, 0.1) is 11.1 Å². The fourth-order valence-corrected chi connectivity index (χ4v) is 4.51. The number of nitrogens with one attached hydrogen (secondary N) is 4. The van der Waals surface area contributed by atoms with Crippen LogP contribution in [0.4, 0.5) is 5.69 Å². The molecule has 5 amide bonds. The second-order valence-electron chi connectivity index (χ2n) is 8.75. The number of carbonyl (C=O) groups is 5. The van der Waals surface area contributed by atoms with E-state index in [2.05, 4.69) is 21.3 Å². The molecule has 3 aliphatic rings. The van der Waals surface area contributed by atoms with Crippen molar-refractivity contribution in [2.45, 2.75) is 44.6 Å². The van der Waals surface area contributed by atoms with Crippen molar-refractivity contribution in [1.82, 2.24) is 20.9 Å². The Labute approximate surface area is 191 Å². The number of hydrogen-bond donors (Lipinski definition) is 4. The predicted molar refractivity (Wildman–Crippen MR) is 119 cm³/mol. The SMILES string of the molecule is O=C(C[C@@H]1CCNC1)NCCCCNc1ccc2c(c1)C(=O)N(C1CCC(=O)NC1=O)C2=O. The number of unbranched alkanes of at least 4 members (excludes halogenated alkanes) is 1. The van der Waals surface area contributed by atoms with Gasteiger partial charge in [0.1, 0.15) is 6.04 Å². The number of hydrogen-bond acceptors (Lipinski definition) is 7. The maximum atomic E-state index is 12.9. The van der Waals surface area contributed by atoms with Gasteiger partial charge >= 0.3 is 0 Å². The van der Waals surface area contributed by atoms with Gasteiger partial charge in [0.25, 0.3) is 11.8 Å². The molecule has 0 aliphatic carbocycles. The Morgan fingerprint density at radius 3 is 2.58 bits per heavy atom. The summed E-state index contributed by atoms with van der Waals surface area (Å²) in [7, 11) is 0. The first kappa shape index (κ1) is 22.9. The molecule has 176 valence electrons. The summed E-state index contributed by atoms with van der Waals surface area (Å²) in [5.41, 5.74) is 1.22. The second-order valence-corrected chi connectivity index (χ2v) is 8.75. The number of rotatable bonds is 9. The van der Waals surface area contributed by atoms with Crippen molar-refractivity contribution < 1.29 is 24.0 Å². The molecule has 2 fully saturated rings. The van der Waals surface area contributed by atoms with E-state index in [0.717, 1.165) is 37.3 Å². The van der Waals surface area contributed by atoms with E-state index < -0.39 is 29.7 Å². The Hall–Kier alpha value is -3.27. The summed E-state index contributed by atoms with van der Waals surface area (Å²) in [5, 5.41) is 11.6. The predicted octanol–water partition coefficient (Wildman–Crippen LogP) is 0.396. The van der Waals surface area contributed by atoms with E-state index in [1.165, 1.54) is 0 Å². The molecule has 4 rings (SSSR count). The number of imide groups is 2. The van der Waals surface area contributed by atoms with Crippen LogP contribution < -0.4 is 21.3 Å². The van der Waals surface area contributed by atoms with Gasteiger partial charge in [-0.2, -0.15) is 0 Å². The molecule has 1 aromatic rings. The molecule has 0 saturated carbocycles. The molecule has 10 nitrogen and oxygen atoms in total. The normalized spacial score (nSPS) is 22.4. The molecule has 0 radical (unpaired) electrons. The van der Waals surface area contributed by atoms with E-state index in [1.54, 1.807) is 18.2 Å².